The molecule has 2 rings (SSSR count). The first-order valence-corrected chi connectivity index (χ1v) is 7.90. The lowest BCUT2D eigenvalue weighted by Crippen LogP contribution is -2.41. The van der Waals surface area contributed by atoms with Crippen molar-refractivity contribution in [1.29, 1.82) is 0 Å². The van der Waals surface area contributed by atoms with Gasteiger partial charge >= 0.3 is 0 Å². The summed E-state index contributed by atoms with van der Waals surface area (Å²) in [6, 6.07) is -0.137. The molecule has 1 heterocycles. The summed E-state index contributed by atoms with van der Waals surface area (Å²) in [6.45, 7) is 3.87. The van der Waals surface area contributed by atoms with Gasteiger partial charge in [0.05, 0.1) is 10.7 Å². The zero-order chi connectivity index (χ0) is 12.6. The molecule has 0 amide bonds. The Balaban J connectivity index is 0.00000162. The first-order chi connectivity index (χ1) is 7.94. The van der Waals surface area contributed by atoms with E-state index in [2.05, 4.69) is 9.71 Å². The predicted molar refractivity (Wildman–Crippen MR) is 74.7 cm³/mol. The molecule has 1 aromatic heterocycles. The number of sulfonamides is 1. The average Bonchev–Trinajstić information content (AvgIpc) is 3.01. The van der Waals surface area contributed by atoms with Gasteiger partial charge in [-0.05, 0) is 32.6 Å². The van der Waals surface area contributed by atoms with E-state index in [1.807, 2.05) is 0 Å². The maximum absolute atomic E-state index is 12.2. The Kier molecular flexibility index (Phi) is 5.13. The molecule has 8 heteroatoms. The van der Waals surface area contributed by atoms with Crippen molar-refractivity contribution in [3.05, 3.63) is 10.7 Å². The van der Waals surface area contributed by atoms with Crippen LogP contribution in [0.3, 0.4) is 0 Å². The molecule has 0 bridgehead atoms. The lowest BCUT2D eigenvalue weighted by Gasteiger charge is -2.15. The van der Waals surface area contributed by atoms with Crippen molar-refractivity contribution in [3.63, 3.8) is 0 Å². The molecular formula is C10H18ClN3O2S2. The Morgan fingerprint density at radius 2 is 2.11 bits per heavy atom. The lowest BCUT2D eigenvalue weighted by atomic mass is 10.2. The largest absolute Gasteiger partial charge is 0.329 e. The summed E-state index contributed by atoms with van der Waals surface area (Å²) in [5.41, 5.74) is 6.16. The van der Waals surface area contributed by atoms with E-state index < -0.39 is 10.0 Å². The summed E-state index contributed by atoms with van der Waals surface area (Å²) in [7, 11) is -3.46. The molecule has 104 valence electrons. The Morgan fingerprint density at radius 3 is 2.50 bits per heavy atom. The average molecular weight is 312 g/mol. The number of nitrogens with zero attached hydrogens (tertiary/aromatic N) is 1. The van der Waals surface area contributed by atoms with Gasteiger partial charge in [0.15, 0.2) is 4.21 Å². The van der Waals surface area contributed by atoms with Gasteiger partial charge < -0.3 is 5.73 Å². The fourth-order valence-corrected chi connectivity index (χ4v) is 4.67. The normalized spacial score (nSPS) is 17.3. The highest BCUT2D eigenvalue weighted by molar-refractivity contribution is 7.91. The summed E-state index contributed by atoms with van der Waals surface area (Å²) in [5, 5.41) is 0.763. The number of hydrogen-bond donors (Lipinski definition) is 2. The number of aryl methyl sites for hydroxylation is 2. The highest BCUT2D eigenvalue weighted by Gasteiger charge is 2.34. The van der Waals surface area contributed by atoms with Crippen LogP contribution in [0.25, 0.3) is 0 Å². The third-order valence-corrected chi connectivity index (χ3v) is 6.03. The molecule has 0 aromatic carbocycles. The summed E-state index contributed by atoms with van der Waals surface area (Å²) < 4.78 is 27.4. The minimum atomic E-state index is -3.46. The van der Waals surface area contributed by atoms with Gasteiger partial charge in [-0.1, -0.05) is 0 Å². The lowest BCUT2D eigenvalue weighted by molar-refractivity contribution is 0.520. The third kappa shape index (κ3) is 3.42. The van der Waals surface area contributed by atoms with Crippen molar-refractivity contribution in [2.45, 2.75) is 36.9 Å². The van der Waals surface area contributed by atoms with E-state index in [4.69, 9.17) is 5.73 Å². The van der Waals surface area contributed by atoms with Crippen molar-refractivity contribution >= 4 is 33.8 Å². The standard InChI is InChI=1S/C10H17N3O2S2.ClH/c1-6-10(16-7(2)12-6)17(14,15)13-9(5-11)8-3-4-8;/h8-9,13H,3-5,11H2,1-2H3;1H. The van der Waals surface area contributed by atoms with Gasteiger partial charge in [0.2, 0.25) is 0 Å². The van der Waals surface area contributed by atoms with Crippen LogP contribution in [-0.2, 0) is 10.0 Å². The minimum absolute atomic E-state index is 0. The van der Waals surface area contributed by atoms with Crippen molar-refractivity contribution in [2.75, 3.05) is 6.54 Å². The van der Waals surface area contributed by atoms with Crippen LogP contribution < -0.4 is 10.5 Å². The third-order valence-electron chi connectivity index (χ3n) is 2.86. The molecule has 5 nitrogen and oxygen atoms in total. The van der Waals surface area contributed by atoms with Crippen LogP contribution in [0.5, 0.6) is 0 Å². The SMILES string of the molecule is Cc1nc(C)c(S(=O)(=O)NC(CN)C2CC2)s1.Cl. The fourth-order valence-electron chi connectivity index (χ4n) is 1.85. The number of thiazole rings is 1. The number of halogens is 1. The second-order valence-electron chi connectivity index (χ2n) is 4.41. The Labute approximate surface area is 118 Å². The molecule has 3 N–H and O–H groups in total. The fraction of sp³-hybridized carbons (Fsp3) is 0.700. The van der Waals surface area contributed by atoms with Gasteiger partial charge in [-0.3, -0.25) is 0 Å². The zero-order valence-electron chi connectivity index (χ0n) is 10.3. The first-order valence-electron chi connectivity index (χ1n) is 5.60. The van der Waals surface area contributed by atoms with Crippen LogP contribution in [0.4, 0.5) is 0 Å². The molecular weight excluding hydrogens is 294 g/mol. The van der Waals surface area contributed by atoms with Gasteiger partial charge in [0.1, 0.15) is 0 Å². The first kappa shape index (κ1) is 15.8. The quantitative estimate of drug-likeness (QED) is 0.855. The molecule has 0 saturated heterocycles. The molecule has 0 spiro atoms. The summed E-state index contributed by atoms with van der Waals surface area (Å²) >= 11 is 1.20. The van der Waals surface area contributed by atoms with Gasteiger partial charge in [0, 0.05) is 12.6 Å². The number of aromatic nitrogens is 1. The highest BCUT2D eigenvalue weighted by Crippen LogP contribution is 2.33. The van der Waals surface area contributed by atoms with E-state index in [0.717, 1.165) is 17.8 Å². The second-order valence-corrected chi connectivity index (χ2v) is 7.52. The van der Waals surface area contributed by atoms with Crippen LogP contribution in [0.15, 0.2) is 4.21 Å². The highest BCUT2D eigenvalue weighted by atomic mass is 35.5. The van der Waals surface area contributed by atoms with Crippen molar-refractivity contribution in [1.82, 2.24) is 9.71 Å². The van der Waals surface area contributed by atoms with Gasteiger partial charge in [-0.2, -0.15) is 0 Å². The molecule has 1 aromatic rings. The second kappa shape index (κ2) is 5.83. The van der Waals surface area contributed by atoms with Gasteiger partial charge in [0.25, 0.3) is 10.0 Å². The monoisotopic (exact) mass is 311 g/mol. The maximum atomic E-state index is 12.2. The predicted octanol–water partition coefficient (Wildman–Crippen LogP) is 1.20. The maximum Gasteiger partial charge on any atom is 0.252 e. The van der Waals surface area contributed by atoms with Crippen LogP contribution in [0.1, 0.15) is 23.5 Å². The number of nitrogens with two attached hydrogens (primary N) is 1. The van der Waals surface area contributed by atoms with E-state index in [0.29, 0.717) is 22.4 Å². The topological polar surface area (TPSA) is 85.1 Å². The van der Waals surface area contributed by atoms with E-state index in [1.54, 1.807) is 13.8 Å². The van der Waals surface area contributed by atoms with Crippen molar-refractivity contribution in [2.24, 2.45) is 11.7 Å². The molecule has 1 fully saturated rings. The van der Waals surface area contributed by atoms with Crippen LogP contribution >= 0.6 is 23.7 Å². The Hall–Kier alpha value is -0.210. The molecule has 0 aliphatic heterocycles. The molecule has 18 heavy (non-hydrogen) atoms. The number of hydrogen-bond acceptors (Lipinski definition) is 5. The molecule has 1 atom stereocenters. The van der Waals surface area contributed by atoms with Crippen molar-refractivity contribution in [3.8, 4) is 0 Å². The molecule has 1 unspecified atom stereocenters. The summed E-state index contributed by atoms with van der Waals surface area (Å²) in [4.78, 5) is 4.14. The van der Waals surface area contributed by atoms with E-state index >= 15 is 0 Å². The smallest absolute Gasteiger partial charge is 0.252 e. The number of nitrogens with one attached hydrogen (secondary N) is 1. The summed E-state index contributed by atoms with van der Waals surface area (Å²) in [5.74, 6) is 0.407. The minimum Gasteiger partial charge on any atom is -0.329 e. The van der Waals surface area contributed by atoms with E-state index in [-0.39, 0.29) is 18.4 Å². The van der Waals surface area contributed by atoms with Gasteiger partial charge in [-0.25, -0.2) is 18.1 Å². The van der Waals surface area contributed by atoms with E-state index in [1.165, 1.54) is 11.3 Å². The molecule has 1 aliphatic carbocycles. The zero-order valence-corrected chi connectivity index (χ0v) is 12.8. The van der Waals surface area contributed by atoms with Crippen LogP contribution in [0.2, 0.25) is 0 Å². The molecule has 0 radical (unpaired) electrons. The van der Waals surface area contributed by atoms with E-state index in [9.17, 15) is 8.42 Å². The van der Waals surface area contributed by atoms with Crippen molar-refractivity contribution < 1.29 is 8.42 Å². The Bertz CT molecular complexity index is 511. The van der Waals surface area contributed by atoms with Crippen LogP contribution in [-0.4, -0.2) is 26.0 Å². The molecule has 1 saturated carbocycles. The molecule has 1 aliphatic rings. The number of rotatable bonds is 5. The summed E-state index contributed by atoms with van der Waals surface area (Å²) in [6.07, 6.45) is 2.12. The van der Waals surface area contributed by atoms with Gasteiger partial charge in [-0.15, -0.1) is 23.7 Å². The van der Waals surface area contributed by atoms with Crippen LogP contribution in [0, 0.1) is 19.8 Å². The Morgan fingerprint density at radius 1 is 1.50 bits per heavy atom.